The average molecular weight is 446 g/mol. The number of nitrogens with zero attached hydrogens (tertiary/aromatic N) is 1. The Bertz CT molecular complexity index is 1180. The molecule has 1 aliphatic rings. The van der Waals surface area contributed by atoms with Crippen molar-refractivity contribution in [1.82, 2.24) is 10.2 Å². The number of hydrogen-bond donors (Lipinski definition) is 3. The van der Waals surface area contributed by atoms with Gasteiger partial charge in [0.05, 0.1) is 6.04 Å². The Morgan fingerprint density at radius 1 is 0.939 bits per heavy atom. The number of anilines is 1. The van der Waals surface area contributed by atoms with Crippen molar-refractivity contribution in [2.45, 2.75) is 25.6 Å². The molecule has 1 heterocycles. The van der Waals surface area contributed by atoms with E-state index in [4.69, 9.17) is 5.73 Å². The summed E-state index contributed by atoms with van der Waals surface area (Å²) in [5.41, 5.74) is 9.27. The fourth-order valence-electron chi connectivity index (χ4n) is 3.65. The second-order valence-electron chi connectivity index (χ2n) is 7.89. The van der Waals surface area contributed by atoms with Gasteiger partial charge in [0, 0.05) is 24.3 Å². The van der Waals surface area contributed by atoms with Crippen molar-refractivity contribution < 1.29 is 18.8 Å². The Kier molecular flexibility index (Phi) is 6.46. The van der Waals surface area contributed by atoms with Crippen molar-refractivity contribution in [2.75, 3.05) is 5.32 Å². The molecule has 168 valence electrons. The molecule has 4 amide bonds. The summed E-state index contributed by atoms with van der Waals surface area (Å²) in [6.45, 7) is 0.720. The van der Waals surface area contributed by atoms with Crippen LogP contribution in [0.25, 0.3) is 0 Å². The summed E-state index contributed by atoms with van der Waals surface area (Å²) in [4.78, 5) is 38.8. The number of amides is 4. The average Bonchev–Trinajstić information content (AvgIpc) is 3.23. The van der Waals surface area contributed by atoms with Crippen LogP contribution in [-0.4, -0.2) is 28.8 Å². The standard InChI is InChI=1S/C25H23FN4O3/c26-20-9-6-18-14-30(15-19(18)13-20)25(33)28-21-10-7-17(8-11-21)23(31)29-24(32)22(27)12-16-4-2-1-3-5-16/h1-11,13,22H,12,14-15,27H2,(H,28,33)(H,29,31,32)/t22-/m1/s1. The number of nitrogens with two attached hydrogens (primary N) is 1. The number of rotatable bonds is 5. The number of carbonyl (C=O) groups is 3. The Hall–Kier alpha value is -4.04. The zero-order valence-corrected chi connectivity index (χ0v) is 17.8. The molecular weight excluding hydrogens is 423 g/mol. The normalized spacial score (nSPS) is 13.2. The van der Waals surface area contributed by atoms with Crippen molar-refractivity contribution in [3.63, 3.8) is 0 Å². The van der Waals surface area contributed by atoms with Gasteiger partial charge < -0.3 is 16.0 Å². The van der Waals surface area contributed by atoms with E-state index in [9.17, 15) is 18.8 Å². The summed E-state index contributed by atoms with van der Waals surface area (Å²) >= 11 is 0. The van der Waals surface area contributed by atoms with Gasteiger partial charge >= 0.3 is 6.03 Å². The third kappa shape index (κ3) is 5.42. The van der Waals surface area contributed by atoms with Crippen LogP contribution in [0.5, 0.6) is 0 Å². The molecule has 0 fully saturated rings. The molecule has 3 aromatic carbocycles. The van der Waals surface area contributed by atoms with E-state index in [1.165, 1.54) is 24.3 Å². The summed E-state index contributed by atoms with van der Waals surface area (Å²) in [7, 11) is 0. The number of fused-ring (bicyclic) bond motifs is 1. The van der Waals surface area contributed by atoms with E-state index in [2.05, 4.69) is 10.6 Å². The second kappa shape index (κ2) is 9.62. The van der Waals surface area contributed by atoms with Crippen LogP contribution in [0.1, 0.15) is 27.0 Å². The third-order valence-corrected chi connectivity index (χ3v) is 5.45. The number of carbonyl (C=O) groups excluding carboxylic acids is 3. The van der Waals surface area contributed by atoms with Crippen molar-refractivity contribution in [1.29, 1.82) is 0 Å². The van der Waals surface area contributed by atoms with Crippen LogP contribution in [-0.2, 0) is 24.3 Å². The predicted octanol–water partition coefficient (Wildman–Crippen LogP) is 3.20. The van der Waals surface area contributed by atoms with Gasteiger partial charge in [-0.1, -0.05) is 36.4 Å². The smallest absolute Gasteiger partial charge is 0.320 e. The molecule has 0 saturated heterocycles. The highest BCUT2D eigenvalue weighted by Crippen LogP contribution is 2.24. The minimum atomic E-state index is -0.854. The zero-order valence-electron chi connectivity index (χ0n) is 17.8. The fraction of sp³-hybridized carbons (Fsp3) is 0.160. The van der Waals surface area contributed by atoms with E-state index in [0.29, 0.717) is 25.2 Å². The van der Waals surface area contributed by atoms with E-state index in [1.54, 1.807) is 23.1 Å². The molecule has 1 atom stereocenters. The van der Waals surface area contributed by atoms with Crippen LogP contribution in [0.4, 0.5) is 14.9 Å². The Labute approximate surface area is 190 Å². The first-order valence-electron chi connectivity index (χ1n) is 10.5. The molecule has 7 nitrogen and oxygen atoms in total. The lowest BCUT2D eigenvalue weighted by atomic mass is 10.1. The van der Waals surface area contributed by atoms with Crippen LogP contribution in [0.3, 0.4) is 0 Å². The van der Waals surface area contributed by atoms with E-state index in [1.807, 2.05) is 30.3 Å². The molecule has 0 aromatic heterocycles. The number of imide groups is 1. The predicted molar refractivity (Wildman–Crippen MR) is 122 cm³/mol. The van der Waals surface area contributed by atoms with Crippen LogP contribution in [0, 0.1) is 5.82 Å². The lowest BCUT2D eigenvalue weighted by Crippen LogP contribution is -2.44. The van der Waals surface area contributed by atoms with Crippen LogP contribution >= 0.6 is 0 Å². The number of hydrogen-bond acceptors (Lipinski definition) is 4. The molecule has 0 unspecified atom stereocenters. The van der Waals surface area contributed by atoms with Crippen molar-refractivity contribution in [3.05, 3.63) is 101 Å². The number of urea groups is 1. The van der Waals surface area contributed by atoms with Crippen molar-refractivity contribution in [2.24, 2.45) is 5.73 Å². The lowest BCUT2D eigenvalue weighted by molar-refractivity contribution is -0.121. The van der Waals surface area contributed by atoms with E-state index in [-0.39, 0.29) is 17.4 Å². The topological polar surface area (TPSA) is 105 Å². The highest BCUT2D eigenvalue weighted by atomic mass is 19.1. The minimum absolute atomic E-state index is 0.261. The van der Waals surface area contributed by atoms with E-state index in [0.717, 1.165) is 16.7 Å². The fourth-order valence-corrected chi connectivity index (χ4v) is 3.65. The number of nitrogens with one attached hydrogen (secondary N) is 2. The van der Waals surface area contributed by atoms with Crippen molar-refractivity contribution in [3.8, 4) is 0 Å². The Morgan fingerprint density at radius 3 is 2.36 bits per heavy atom. The van der Waals surface area contributed by atoms with Gasteiger partial charge in [-0.3, -0.25) is 14.9 Å². The second-order valence-corrected chi connectivity index (χ2v) is 7.89. The summed E-state index contributed by atoms with van der Waals surface area (Å²) in [6.07, 6.45) is 0.317. The molecule has 0 aliphatic carbocycles. The first-order chi connectivity index (χ1) is 15.9. The Balaban J connectivity index is 1.30. The highest BCUT2D eigenvalue weighted by Gasteiger charge is 2.24. The summed E-state index contributed by atoms with van der Waals surface area (Å²) < 4.78 is 13.4. The molecule has 0 radical (unpaired) electrons. The van der Waals surface area contributed by atoms with Gasteiger partial charge in [-0.25, -0.2) is 9.18 Å². The molecule has 0 saturated carbocycles. The quantitative estimate of drug-likeness (QED) is 0.560. The molecule has 8 heteroatoms. The van der Waals surface area contributed by atoms with Crippen LogP contribution in [0.15, 0.2) is 72.8 Å². The lowest BCUT2D eigenvalue weighted by Gasteiger charge is -2.16. The van der Waals surface area contributed by atoms with E-state index >= 15 is 0 Å². The van der Waals surface area contributed by atoms with Gasteiger partial charge in [0.1, 0.15) is 5.82 Å². The maximum absolute atomic E-state index is 13.4. The molecule has 33 heavy (non-hydrogen) atoms. The van der Waals surface area contributed by atoms with Gasteiger partial charge in [-0.2, -0.15) is 0 Å². The highest BCUT2D eigenvalue weighted by molar-refractivity contribution is 6.06. The molecule has 0 bridgehead atoms. The van der Waals surface area contributed by atoms with Crippen LogP contribution < -0.4 is 16.4 Å². The summed E-state index contributed by atoms with van der Waals surface area (Å²) in [5.74, 6) is -1.46. The van der Waals surface area contributed by atoms with Crippen LogP contribution in [0.2, 0.25) is 0 Å². The molecule has 4 N–H and O–H groups in total. The maximum Gasteiger partial charge on any atom is 0.322 e. The molecule has 3 aromatic rings. The largest absolute Gasteiger partial charge is 0.322 e. The Morgan fingerprint density at radius 2 is 1.64 bits per heavy atom. The monoisotopic (exact) mass is 446 g/mol. The zero-order chi connectivity index (χ0) is 23.4. The van der Waals surface area contributed by atoms with Gasteiger partial charge in [0.2, 0.25) is 5.91 Å². The first-order valence-corrected chi connectivity index (χ1v) is 10.5. The number of halogens is 1. The molecule has 0 spiro atoms. The summed E-state index contributed by atoms with van der Waals surface area (Å²) in [6, 6.07) is 18.8. The molecular formula is C25H23FN4O3. The third-order valence-electron chi connectivity index (χ3n) is 5.45. The van der Waals surface area contributed by atoms with Gasteiger partial charge in [-0.15, -0.1) is 0 Å². The van der Waals surface area contributed by atoms with E-state index < -0.39 is 17.9 Å². The molecule has 1 aliphatic heterocycles. The van der Waals surface area contributed by atoms with Gasteiger partial charge in [0.25, 0.3) is 5.91 Å². The first kappa shape index (κ1) is 22.2. The minimum Gasteiger partial charge on any atom is -0.320 e. The maximum atomic E-state index is 13.4. The van der Waals surface area contributed by atoms with Gasteiger partial charge in [-0.05, 0) is 59.5 Å². The van der Waals surface area contributed by atoms with Crippen molar-refractivity contribution >= 4 is 23.5 Å². The number of benzene rings is 3. The summed E-state index contributed by atoms with van der Waals surface area (Å²) in [5, 5.41) is 5.07. The van der Waals surface area contributed by atoms with Gasteiger partial charge in [0.15, 0.2) is 0 Å². The SMILES string of the molecule is N[C@H](Cc1ccccc1)C(=O)NC(=O)c1ccc(NC(=O)N2Cc3ccc(F)cc3C2)cc1. The molecule has 4 rings (SSSR count).